The Morgan fingerprint density at radius 1 is 0.826 bits per heavy atom. The highest BCUT2D eigenvalue weighted by atomic mass is 32.1. The van der Waals surface area contributed by atoms with Crippen LogP contribution in [0.1, 0.15) is 0 Å². The zero-order chi connectivity index (χ0) is 15.8. The zero-order valence-electron chi connectivity index (χ0n) is 12.4. The van der Waals surface area contributed by atoms with E-state index in [1.54, 1.807) is 18.2 Å². The van der Waals surface area contributed by atoms with Crippen molar-refractivity contribution in [3.63, 3.8) is 0 Å². The van der Waals surface area contributed by atoms with E-state index in [0.29, 0.717) is 11.2 Å². The van der Waals surface area contributed by atoms with Crippen LogP contribution in [0.15, 0.2) is 42.5 Å². The highest BCUT2D eigenvalue weighted by Crippen LogP contribution is 2.31. The van der Waals surface area contributed by atoms with E-state index >= 15 is 0 Å². The van der Waals surface area contributed by atoms with Crippen LogP contribution in [0.5, 0.6) is 0 Å². The van der Waals surface area contributed by atoms with Crippen LogP contribution in [-0.2, 0) is 0 Å². The normalized spacial score (nSPS) is 15.4. The first-order valence-electron chi connectivity index (χ1n) is 7.52. The average molecular weight is 331 g/mol. The Bertz CT molecular complexity index is 841. The minimum absolute atomic E-state index is 0.192. The van der Waals surface area contributed by atoms with Gasteiger partial charge < -0.3 is 9.80 Å². The summed E-state index contributed by atoms with van der Waals surface area (Å²) in [6.07, 6.45) is 0. The number of hydrogen-bond acceptors (Lipinski definition) is 4. The van der Waals surface area contributed by atoms with Crippen molar-refractivity contribution in [1.29, 1.82) is 0 Å². The van der Waals surface area contributed by atoms with Crippen molar-refractivity contribution >= 4 is 32.4 Å². The van der Waals surface area contributed by atoms with Gasteiger partial charge >= 0.3 is 0 Å². The number of para-hydroxylation sites is 2. The Kier molecular flexibility index (Phi) is 3.61. The molecule has 4 rings (SSSR count). The maximum atomic E-state index is 13.9. The van der Waals surface area contributed by atoms with Crippen LogP contribution < -0.4 is 9.80 Å². The van der Waals surface area contributed by atoms with Crippen molar-refractivity contribution in [2.24, 2.45) is 0 Å². The van der Waals surface area contributed by atoms with Crippen LogP contribution in [0, 0.1) is 11.6 Å². The van der Waals surface area contributed by atoms with Gasteiger partial charge in [-0.15, -0.1) is 0 Å². The summed E-state index contributed by atoms with van der Waals surface area (Å²) >= 11 is 1.50. The molecule has 0 amide bonds. The second-order valence-electron chi connectivity index (χ2n) is 5.51. The van der Waals surface area contributed by atoms with Gasteiger partial charge in [-0.25, -0.2) is 13.8 Å². The van der Waals surface area contributed by atoms with Crippen LogP contribution in [0.3, 0.4) is 0 Å². The molecule has 0 N–H and O–H groups in total. The van der Waals surface area contributed by atoms with E-state index in [2.05, 4.69) is 9.88 Å². The summed E-state index contributed by atoms with van der Waals surface area (Å²) in [4.78, 5) is 8.61. The number of aromatic nitrogens is 1. The lowest BCUT2D eigenvalue weighted by atomic mass is 10.2. The lowest BCUT2D eigenvalue weighted by Gasteiger charge is -2.36. The number of piperazine rings is 1. The molecule has 6 heteroatoms. The monoisotopic (exact) mass is 331 g/mol. The SMILES string of the molecule is Fc1ccccc1N1CCN(c2nc3c(F)cccc3s2)CC1. The van der Waals surface area contributed by atoms with E-state index in [0.717, 1.165) is 36.0 Å². The van der Waals surface area contributed by atoms with E-state index in [9.17, 15) is 8.78 Å². The summed E-state index contributed by atoms with van der Waals surface area (Å²) in [6.45, 7) is 2.93. The number of fused-ring (bicyclic) bond motifs is 1. The largest absolute Gasteiger partial charge is 0.366 e. The lowest BCUT2D eigenvalue weighted by Crippen LogP contribution is -2.46. The quantitative estimate of drug-likeness (QED) is 0.710. The van der Waals surface area contributed by atoms with Gasteiger partial charge in [-0.1, -0.05) is 29.5 Å². The molecule has 0 unspecified atom stereocenters. The smallest absolute Gasteiger partial charge is 0.186 e. The van der Waals surface area contributed by atoms with E-state index in [4.69, 9.17) is 0 Å². The molecule has 1 aliphatic heterocycles. The summed E-state index contributed by atoms with van der Waals surface area (Å²) < 4.78 is 28.5. The third-order valence-corrected chi connectivity index (χ3v) is 5.18. The molecule has 1 fully saturated rings. The Morgan fingerprint density at radius 2 is 1.52 bits per heavy atom. The van der Waals surface area contributed by atoms with Crippen molar-refractivity contribution in [3.8, 4) is 0 Å². The highest BCUT2D eigenvalue weighted by Gasteiger charge is 2.22. The van der Waals surface area contributed by atoms with Crippen molar-refractivity contribution in [2.75, 3.05) is 36.0 Å². The number of rotatable bonds is 2. The predicted octanol–water partition coefficient (Wildman–Crippen LogP) is 3.90. The fourth-order valence-electron chi connectivity index (χ4n) is 2.89. The number of thiazole rings is 1. The minimum Gasteiger partial charge on any atom is -0.366 e. The van der Waals surface area contributed by atoms with Gasteiger partial charge in [0.1, 0.15) is 17.2 Å². The molecule has 2 heterocycles. The van der Waals surface area contributed by atoms with Gasteiger partial charge in [0.25, 0.3) is 0 Å². The predicted molar refractivity (Wildman–Crippen MR) is 90.4 cm³/mol. The van der Waals surface area contributed by atoms with Crippen LogP contribution in [0.4, 0.5) is 19.6 Å². The highest BCUT2D eigenvalue weighted by molar-refractivity contribution is 7.22. The number of halogens is 2. The summed E-state index contributed by atoms with van der Waals surface area (Å²) in [5.41, 5.74) is 1.08. The Balaban J connectivity index is 1.53. The molecule has 0 bridgehead atoms. The molecule has 0 saturated carbocycles. The minimum atomic E-state index is -0.282. The van der Waals surface area contributed by atoms with Gasteiger partial charge in [0.15, 0.2) is 5.13 Å². The van der Waals surface area contributed by atoms with Gasteiger partial charge in [-0.2, -0.15) is 0 Å². The van der Waals surface area contributed by atoms with Gasteiger partial charge in [-0.3, -0.25) is 0 Å². The third-order valence-electron chi connectivity index (χ3n) is 4.10. The van der Waals surface area contributed by atoms with Crippen LogP contribution in [0.2, 0.25) is 0 Å². The molecule has 1 saturated heterocycles. The van der Waals surface area contributed by atoms with Crippen LogP contribution in [0.25, 0.3) is 10.2 Å². The van der Waals surface area contributed by atoms with Gasteiger partial charge in [0.2, 0.25) is 0 Å². The molecule has 0 atom stereocenters. The summed E-state index contributed by atoms with van der Waals surface area (Å²) in [6, 6.07) is 11.9. The van der Waals surface area contributed by atoms with Crippen molar-refractivity contribution in [3.05, 3.63) is 54.1 Å². The van der Waals surface area contributed by atoms with Gasteiger partial charge in [0, 0.05) is 26.2 Å². The van der Waals surface area contributed by atoms with E-state index in [1.165, 1.54) is 23.5 Å². The molecule has 3 aromatic rings. The second-order valence-corrected chi connectivity index (χ2v) is 6.52. The van der Waals surface area contributed by atoms with E-state index < -0.39 is 0 Å². The molecule has 2 aromatic carbocycles. The summed E-state index contributed by atoms with van der Waals surface area (Å²) in [7, 11) is 0. The van der Waals surface area contributed by atoms with Gasteiger partial charge in [0.05, 0.1) is 10.4 Å². The van der Waals surface area contributed by atoms with Crippen LogP contribution in [-0.4, -0.2) is 31.2 Å². The summed E-state index contributed by atoms with van der Waals surface area (Å²) in [5.74, 6) is -0.474. The van der Waals surface area contributed by atoms with E-state index in [1.807, 2.05) is 17.0 Å². The third kappa shape index (κ3) is 2.63. The maximum Gasteiger partial charge on any atom is 0.186 e. The Hall–Kier alpha value is -2.21. The Morgan fingerprint density at radius 3 is 2.26 bits per heavy atom. The van der Waals surface area contributed by atoms with Gasteiger partial charge in [-0.05, 0) is 24.3 Å². The number of benzene rings is 2. The second kappa shape index (κ2) is 5.77. The first-order valence-corrected chi connectivity index (χ1v) is 8.33. The van der Waals surface area contributed by atoms with Crippen molar-refractivity contribution in [1.82, 2.24) is 4.98 Å². The number of nitrogens with zero attached hydrogens (tertiary/aromatic N) is 3. The summed E-state index contributed by atoms with van der Waals surface area (Å²) in [5, 5.41) is 0.832. The molecule has 0 radical (unpaired) electrons. The average Bonchev–Trinajstić information content (AvgIpc) is 3.01. The Labute approximate surface area is 136 Å². The number of hydrogen-bond donors (Lipinski definition) is 0. The standard InChI is InChI=1S/C17H15F2N3S/c18-12-4-1-2-6-14(12)21-8-10-22(11-9-21)17-20-16-13(19)5-3-7-15(16)23-17/h1-7H,8-11H2. The van der Waals surface area contributed by atoms with E-state index in [-0.39, 0.29) is 11.6 Å². The topological polar surface area (TPSA) is 19.4 Å². The fourth-order valence-corrected chi connectivity index (χ4v) is 3.92. The molecular formula is C17H15F2N3S. The number of anilines is 2. The molecule has 0 aliphatic carbocycles. The lowest BCUT2D eigenvalue weighted by molar-refractivity contribution is 0.597. The molecule has 3 nitrogen and oxygen atoms in total. The molecule has 23 heavy (non-hydrogen) atoms. The molecule has 1 aliphatic rings. The molecule has 0 spiro atoms. The first kappa shape index (κ1) is 14.4. The van der Waals surface area contributed by atoms with Crippen LogP contribution >= 0.6 is 11.3 Å². The first-order chi connectivity index (χ1) is 11.2. The molecule has 1 aromatic heterocycles. The maximum absolute atomic E-state index is 13.9. The van der Waals surface area contributed by atoms with Crippen molar-refractivity contribution in [2.45, 2.75) is 0 Å². The molecule has 118 valence electrons. The zero-order valence-corrected chi connectivity index (χ0v) is 13.2. The fraction of sp³-hybridized carbons (Fsp3) is 0.235. The van der Waals surface area contributed by atoms with Crippen molar-refractivity contribution < 1.29 is 8.78 Å². The molecular weight excluding hydrogens is 316 g/mol.